The maximum Gasteiger partial charge on any atom is 0.252 e. The highest BCUT2D eigenvalue weighted by atomic mass is 32.2. The Morgan fingerprint density at radius 1 is 1.33 bits per heavy atom. The molecule has 0 N–H and O–H groups in total. The van der Waals surface area contributed by atoms with Gasteiger partial charge in [-0.1, -0.05) is 0 Å². The van der Waals surface area contributed by atoms with E-state index in [1.54, 1.807) is 10.5 Å². The van der Waals surface area contributed by atoms with Gasteiger partial charge < -0.3 is 9.64 Å². The number of rotatable bonds is 4. The molecule has 0 aromatic carbocycles. The monoisotopic (exact) mass is 408 g/mol. The molecule has 7 nitrogen and oxygen atoms in total. The molecule has 2 saturated heterocycles. The Labute approximate surface area is 164 Å². The summed E-state index contributed by atoms with van der Waals surface area (Å²) in [6, 6.07) is 3.74. The van der Waals surface area contributed by atoms with Crippen LogP contribution in [0, 0.1) is 12.8 Å². The van der Waals surface area contributed by atoms with Crippen LogP contribution < -0.4 is 4.90 Å². The summed E-state index contributed by atoms with van der Waals surface area (Å²) in [7, 11) is 0.364. The van der Waals surface area contributed by atoms with Crippen LogP contribution in [0.3, 0.4) is 0 Å². The molecule has 2 aromatic heterocycles. The first-order valence-electron chi connectivity index (χ1n) is 9.06. The molecule has 0 saturated carbocycles. The molecule has 2 aliphatic rings. The lowest BCUT2D eigenvalue weighted by Crippen LogP contribution is -2.45. The lowest BCUT2D eigenvalue weighted by atomic mass is 9.92. The molecule has 0 spiro atoms. The zero-order valence-corrected chi connectivity index (χ0v) is 17.3. The molecule has 146 valence electrons. The lowest BCUT2D eigenvalue weighted by molar-refractivity contribution is 0.00867. The third kappa shape index (κ3) is 3.49. The van der Waals surface area contributed by atoms with Gasteiger partial charge in [0.15, 0.2) is 0 Å². The van der Waals surface area contributed by atoms with Crippen LogP contribution in [0.2, 0.25) is 0 Å². The van der Waals surface area contributed by atoms with Gasteiger partial charge in [0.25, 0.3) is 10.0 Å². The normalized spacial score (nSPS) is 26.1. The zero-order valence-electron chi connectivity index (χ0n) is 15.7. The van der Waals surface area contributed by atoms with Gasteiger partial charge in [-0.05, 0) is 48.8 Å². The van der Waals surface area contributed by atoms with Crippen LogP contribution in [0.15, 0.2) is 27.9 Å². The topological polar surface area (TPSA) is 75.6 Å². The summed E-state index contributed by atoms with van der Waals surface area (Å²) < 4.78 is 34.2. The van der Waals surface area contributed by atoms with E-state index >= 15 is 0 Å². The van der Waals surface area contributed by atoms with Crippen LogP contribution in [0.25, 0.3) is 0 Å². The molecular weight excluding hydrogens is 384 g/mol. The van der Waals surface area contributed by atoms with Crippen molar-refractivity contribution < 1.29 is 13.2 Å². The highest BCUT2D eigenvalue weighted by Crippen LogP contribution is 2.42. The van der Waals surface area contributed by atoms with Gasteiger partial charge in [0, 0.05) is 33.4 Å². The standard InChI is InChI=1S/C18H24N4O3S2/c1-12-6-9-26-17(12)27(23,24)22-8-5-13-10-15(25-16(13)11-22)14-4-7-19-18(20-14)21(2)3/h4,6-7,9,13,15-16H,5,8,10-11H2,1-3H3/t13-,15-,16+/m0/s1. The number of ether oxygens (including phenoxy) is 1. The van der Waals surface area contributed by atoms with Crippen LogP contribution in [-0.4, -0.2) is 56.0 Å². The summed E-state index contributed by atoms with van der Waals surface area (Å²) in [4.78, 5) is 10.7. The Bertz CT molecular complexity index is 928. The van der Waals surface area contributed by atoms with Crippen molar-refractivity contribution in [1.29, 1.82) is 0 Å². The second kappa shape index (κ2) is 7.12. The lowest BCUT2D eigenvalue weighted by Gasteiger charge is -2.33. The fraction of sp³-hybridized carbons (Fsp3) is 0.556. The molecule has 0 radical (unpaired) electrons. The molecule has 2 aromatic rings. The van der Waals surface area contributed by atoms with E-state index in [2.05, 4.69) is 9.97 Å². The maximum absolute atomic E-state index is 13.0. The first-order valence-corrected chi connectivity index (χ1v) is 11.4. The third-order valence-electron chi connectivity index (χ3n) is 5.30. The van der Waals surface area contributed by atoms with Gasteiger partial charge >= 0.3 is 0 Å². The second-order valence-corrected chi connectivity index (χ2v) is 10.4. The molecule has 4 rings (SSSR count). The Hall–Kier alpha value is -1.55. The number of aryl methyl sites for hydroxylation is 1. The summed E-state index contributed by atoms with van der Waals surface area (Å²) in [5.41, 5.74) is 1.68. The van der Waals surface area contributed by atoms with E-state index in [0.29, 0.717) is 29.2 Å². The largest absolute Gasteiger partial charge is 0.367 e. The highest BCUT2D eigenvalue weighted by molar-refractivity contribution is 7.91. The average Bonchev–Trinajstić information content (AvgIpc) is 3.27. The minimum Gasteiger partial charge on any atom is -0.367 e. The Kier molecular flexibility index (Phi) is 4.96. The van der Waals surface area contributed by atoms with E-state index in [0.717, 1.165) is 24.1 Å². The molecule has 0 bridgehead atoms. The van der Waals surface area contributed by atoms with Gasteiger partial charge in [0.1, 0.15) is 10.3 Å². The molecule has 0 aliphatic carbocycles. The van der Waals surface area contributed by atoms with E-state index in [4.69, 9.17) is 4.74 Å². The molecule has 0 amide bonds. The number of sulfonamides is 1. The van der Waals surface area contributed by atoms with Crippen molar-refractivity contribution in [2.24, 2.45) is 5.92 Å². The van der Waals surface area contributed by atoms with E-state index in [-0.39, 0.29) is 12.2 Å². The Morgan fingerprint density at radius 3 is 2.85 bits per heavy atom. The molecule has 3 atom stereocenters. The molecule has 9 heteroatoms. The van der Waals surface area contributed by atoms with Crippen molar-refractivity contribution in [2.75, 3.05) is 32.1 Å². The summed E-state index contributed by atoms with van der Waals surface area (Å²) in [6.07, 6.45) is 3.25. The van der Waals surface area contributed by atoms with Gasteiger partial charge in [-0.15, -0.1) is 11.3 Å². The summed E-state index contributed by atoms with van der Waals surface area (Å²) in [6.45, 7) is 2.80. The van der Waals surface area contributed by atoms with Crippen LogP contribution in [0.4, 0.5) is 5.95 Å². The van der Waals surface area contributed by atoms with Crippen molar-refractivity contribution in [2.45, 2.75) is 36.2 Å². The minimum atomic E-state index is -3.45. The van der Waals surface area contributed by atoms with Gasteiger partial charge in [-0.3, -0.25) is 0 Å². The maximum atomic E-state index is 13.0. The Morgan fingerprint density at radius 2 is 2.15 bits per heavy atom. The molecule has 0 unspecified atom stereocenters. The Balaban J connectivity index is 1.50. The molecule has 2 aliphatic heterocycles. The summed E-state index contributed by atoms with van der Waals surface area (Å²) >= 11 is 1.29. The molecule has 4 heterocycles. The summed E-state index contributed by atoms with van der Waals surface area (Å²) in [5, 5.41) is 1.83. The van der Waals surface area contributed by atoms with Crippen molar-refractivity contribution >= 4 is 27.3 Å². The first kappa shape index (κ1) is 18.8. The van der Waals surface area contributed by atoms with Crippen LogP contribution in [-0.2, 0) is 14.8 Å². The number of piperidine rings is 1. The fourth-order valence-electron chi connectivity index (χ4n) is 3.81. The zero-order chi connectivity index (χ0) is 19.2. The minimum absolute atomic E-state index is 0.0865. The number of fused-ring (bicyclic) bond motifs is 1. The van der Waals surface area contributed by atoms with Crippen molar-refractivity contribution in [1.82, 2.24) is 14.3 Å². The van der Waals surface area contributed by atoms with Gasteiger partial charge in [0.2, 0.25) is 5.95 Å². The van der Waals surface area contributed by atoms with Crippen molar-refractivity contribution in [3.63, 3.8) is 0 Å². The number of anilines is 1. The average molecular weight is 409 g/mol. The van der Waals surface area contributed by atoms with Gasteiger partial charge in [0.05, 0.1) is 11.8 Å². The van der Waals surface area contributed by atoms with E-state index in [1.807, 2.05) is 43.4 Å². The van der Waals surface area contributed by atoms with Crippen LogP contribution in [0.1, 0.15) is 30.2 Å². The van der Waals surface area contributed by atoms with Gasteiger partial charge in [-0.2, -0.15) is 4.31 Å². The highest BCUT2D eigenvalue weighted by Gasteiger charge is 2.43. The quantitative estimate of drug-likeness (QED) is 0.774. The van der Waals surface area contributed by atoms with Crippen molar-refractivity contribution in [3.05, 3.63) is 35.0 Å². The SMILES string of the molecule is Cc1ccsc1S(=O)(=O)N1CC[C@H]2C[C@@H](c3ccnc(N(C)C)n3)O[C@@H]2C1. The van der Waals surface area contributed by atoms with Crippen molar-refractivity contribution in [3.8, 4) is 0 Å². The second-order valence-electron chi connectivity index (χ2n) is 7.38. The smallest absolute Gasteiger partial charge is 0.252 e. The summed E-state index contributed by atoms with van der Waals surface area (Å²) in [5.74, 6) is 1.02. The number of hydrogen-bond donors (Lipinski definition) is 0. The number of hydrogen-bond acceptors (Lipinski definition) is 7. The van der Waals surface area contributed by atoms with E-state index in [1.165, 1.54) is 11.3 Å². The first-order chi connectivity index (χ1) is 12.9. The fourth-order valence-corrected chi connectivity index (χ4v) is 6.83. The third-order valence-corrected chi connectivity index (χ3v) is 8.83. The van der Waals surface area contributed by atoms with E-state index in [9.17, 15) is 8.42 Å². The molecular formula is C18H24N4O3S2. The molecule has 27 heavy (non-hydrogen) atoms. The predicted molar refractivity (Wildman–Crippen MR) is 105 cm³/mol. The van der Waals surface area contributed by atoms with Crippen LogP contribution >= 0.6 is 11.3 Å². The van der Waals surface area contributed by atoms with E-state index < -0.39 is 10.0 Å². The number of nitrogens with zero attached hydrogens (tertiary/aromatic N) is 4. The number of aromatic nitrogens is 2. The number of thiophene rings is 1. The van der Waals surface area contributed by atoms with Gasteiger partial charge in [-0.25, -0.2) is 18.4 Å². The predicted octanol–water partition coefficient (Wildman–Crippen LogP) is 2.45. The van der Waals surface area contributed by atoms with Crippen LogP contribution in [0.5, 0.6) is 0 Å². The molecule has 2 fully saturated rings.